The summed E-state index contributed by atoms with van der Waals surface area (Å²) in [6.07, 6.45) is 7.82. The number of nitrogens with zero attached hydrogens (tertiary/aromatic N) is 6. The Morgan fingerprint density at radius 2 is 2.00 bits per heavy atom. The molecular weight excluding hydrogens is 504 g/mol. The standard InChI is InChI=1S/C30H42N8O2/c1-6-8-27-25(18-33-30(39)32-3)29(36(5)38(27)23-10-13-40-14-11-23)37-12-7-9-21-15-24(22(17-31)16-28(21)37)26-19-35(4)34-20(26)2/h15-16,19,23,29H,6-14,18H2,1-5H3,(H2,32,33,39). The van der Waals surface area contributed by atoms with Crippen LogP contribution in [-0.2, 0) is 18.2 Å². The van der Waals surface area contributed by atoms with Crippen molar-refractivity contribution in [2.75, 3.05) is 45.3 Å². The number of fused-ring (bicyclic) bond motifs is 1. The molecule has 0 radical (unpaired) electrons. The van der Waals surface area contributed by atoms with Gasteiger partial charge < -0.3 is 25.3 Å². The molecule has 3 aliphatic rings. The van der Waals surface area contributed by atoms with E-state index >= 15 is 0 Å². The fraction of sp³-hybridized carbons (Fsp3) is 0.567. The third-order valence-corrected chi connectivity index (χ3v) is 8.44. The van der Waals surface area contributed by atoms with Crippen LogP contribution in [0.15, 0.2) is 29.6 Å². The molecule has 1 unspecified atom stereocenters. The van der Waals surface area contributed by atoms with Crippen LogP contribution < -0.4 is 15.5 Å². The Kier molecular flexibility index (Phi) is 8.33. The van der Waals surface area contributed by atoms with E-state index in [0.717, 1.165) is 80.8 Å². The number of hydrazine groups is 1. The molecule has 4 heterocycles. The second kappa shape index (κ2) is 11.9. The summed E-state index contributed by atoms with van der Waals surface area (Å²) < 4.78 is 7.52. The SMILES string of the molecule is CCCC1=C(CNC(=O)NC)C(N2CCCc3cc(-c4cn(C)nc4C)c(C#N)cc32)N(C)N1C1CCOCC1. The van der Waals surface area contributed by atoms with Crippen molar-refractivity contribution in [1.82, 2.24) is 30.4 Å². The lowest BCUT2D eigenvalue weighted by atomic mass is 9.91. The van der Waals surface area contributed by atoms with Crippen molar-refractivity contribution in [3.63, 3.8) is 0 Å². The van der Waals surface area contributed by atoms with Gasteiger partial charge in [-0.05, 0) is 56.7 Å². The minimum atomic E-state index is -0.184. The van der Waals surface area contributed by atoms with Crippen LogP contribution in [0.5, 0.6) is 0 Å². The van der Waals surface area contributed by atoms with Gasteiger partial charge >= 0.3 is 6.03 Å². The average molecular weight is 547 g/mol. The van der Waals surface area contributed by atoms with Gasteiger partial charge in [-0.3, -0.25) is 4.68 Å². The summed E-state index contributed by atoms with van der Waals surface area (Å²) in [7, 11) is 5.74. The normalized spacial score (nSPS) is 20.1. The summed E-state index contributed by atoms with van der Waals surface area (Å²) in [5, 5.41) is 25.4. The minimum absolute atomic E-state index is 0.0573. The van der Waals surface area contributed by atoms with Crippen LogP contribution in [0, 0.1) is 18.3 Å². The number of allylic oxidation sites excluding steroid dienone is 1. The number of anilines is 1. The third kappa shape index (κ3) is 5.16. The minimum Gasteiger partial charge on any atom is -0.381 e. The number of carbonyl (C=O) groups is 1. The van der Waals surface area contributed by atoms with Crippen molar-refractivity contribution in [3.05, 3.63) is 46.4 Å². The Morgan fingerprint density at radius 1 is 1.23 bits per heavy atom. The zero-order chi connectivity index (χ0) is 28.4. The maximum Gasteiger partial charge on any atom is 0.314 e. The lowest BCUT2D eigenvalue weighted by Gasteiger charge is -2.45. The Bertz CT molecular complexity index is 1320. The zero-order valence-electron chi connectivity index (χ0n) is 24.5. The topological polar surface area (TPSA) is 102 Å². The molecule has 1 fully saturated rings. The summed E-state index contributed by atoms with van der Waals surface area (Å²) in [6.45, 7) is 7.07. The van der Waals surface area contributed by atoms with Gasteiger partial charge in [-0.15, -0.1) is 0 Å². The molecule has 0 aliphatic carbocycles. The average Bonchev–Trinajstić information content (AvgIpc) is 3.45. The quantitative estimate of drug-likeness (QED) is 0.546. The highest BCUT2D eigenvalue weighted by molar-refractivity contribution is 5.78. The number of urea groups is 1. The summed E-state index contributed by atoms with van der Waals surface area (Å²) in [5.74, 6) is 0. The number of aryl methyl sites for hydroxylation is 3. The number of aromatic nitrogens is 2. The molecule has 40 heavy (non-hydrogen) atoms. The van der Waals surface area contributed by atoms with E-state index in [9.17, 15) is 10.1 Å². The van der Waals surface area contributed by atoms with Crippen LogP contribution >= 0.6 is 0 Å². The summed E-state index contributed by atoms with van der Waals surface area (Å²) in [6, 6.07) is 6.92. The number of likely N-dealkylation sites (N-methyl/N-ethyl adjacent to an activating group) is 1. The number of ether oxygens (including phenoxy) is 1. The molecule has 1 aromatic heterocycles. The smallest absolute Gasteiger partial charge is 0.314 e. The van der Waals surface area contributed by atoms with Crippen LogP contribution in [0.1, 0.15) is 55.8 Å². The predicted molar refractivity (Wildman–Crippen MR) is 155 cm³/mol. The summed E-state index contributed by atoms with van der Waals surface area (Å²) >= 11 is 0. The maximum absolute atomic E-state index is 12.3. The largest absolute Gasteiger partial charge is 0.381 e. The third-order valence-electron chi connectivity index (χ3n) is 8.44. The highest BCUT2D eigenvalue weighted by Crippen LogP contribution is 2.42. The first-order valence-corrected chi connectivity index (χ1v) is 14.5. The highest BCUT2D eigenvalue weighted by atomic mass is 16.5. The van der Waals surface area contributed by atoms with E-state index < -0.39 is 0 Å². The summed E-state index contributed by atoms with van der Waals surface area (Å²) in [5.41, 5.74) is 8.40. The molecule has 2 aromatic rings. The van der Waals surface area contributed by atoms with Gasteiger partial charge in [0.15, 0.2) is 0 Å². The van der Waals surface area contributed by atoms with Crippen LogP contribution in [0.4, 0.5) is 10.5 Å². The van der Waals surface area contributed by atoms with E-state index in [1.807, 2.05) is 24.9 Å². The van der Waals surface area contributed by atoms with Gasteiger partial charge in [0.1, 0.15) is 6.17 Å². The molecule has 2 N–H and O–H groups in total. The number of nitriles is 1. The van der Waals surface area contributed by atoms with E-state index in [1.54, 1.807) is 7.05 Å². The van der Waals surface area contributed by atoms with E-state index in [4.69, 9.17) is 4.74 Å². The number of hydrogen-bond acceptors (Lipinski definition) is 7. The molecule has 5 rings (SSSR count). The highest BCUT2D eigenvalue weighted by Gasteiger charge is 2.43. The molecule has 1 saturated heterocycles. The van der Waals surface area contributed by atoms with E-state index in [2.05, 4.69) is 62.8 Å². The van der Waals surface area contributed by atoms with Crippen molar-refractivity contribution in [1.29, 1.82) is 5.26 Å². The Morgan fingerprint density at radius 3 is 2.65 bits per heavy atom. The fourth-order valence-electron chi connectivity index (χ4n) is 6.69. The number of hydrogen-bond donors (Lipinski definition) is 2. The summed E-state index contributed by atoms with van der Waals surface area (Å²) in [4.78, 5) is 14.8. The second-order valence-electron chi connectivity index (χ2n) is 11.0. The number of benzene rings is 1. The van der Waals surface area contributed by atoms with Crippen LogP contribution in [-0.4, -0.2) is 78.4 Å². The Balaban J connectivity index is 1.59. The van der Waals surface area contributed by atoms with Gasteiger partial charge in [0.2, 0.25) is 0 Å². The maximum atomic E-state index is 12.3. The molecule has 0 bridgehead atoms. The van der Waals surface area contributed by atoms with Crippen LogP contribution in [0.2, 0.25) is 0 Å². The molecule has 3 aliphatic heterocycles. The molecule has 2 amide bonds. The second-order valence-corrected chi connectivity index (χ2v) is 11.0. The number of rotatable bonds is 7. The number of nitrogens with one attached hydrogen (secondary N) is 2. The van der Waals surface area contributed by atoms with Crippen molar-refractivity contribution in [2.24, 2.45) is 7.05 Å². The van der Waals surface area contributed by atoms with E-state index in [0.29, 0.717) is 18.2 Å². The predicted octanol–water partition coefficient (Wildman–Crippen LogP) is 3.67. The fourth-order valence-corrected chi connectivity index (χ4v) is 6.69. The van der Waals surface area contributed by atoms with Gasteiger partial charge in [-0.25, -0.2) is 4.79 Å². The van der Waals surface area contributed by atoms with Crippen LogP contribution in [0.3, 0.4) is 0 Å². The zero-order valence-corrected chi connectivity index (χ0v) is 24.5. The molecule has 10 nitrogen and oxygen atoms in total. The monoisotopic (exact) mass is 546 g/mol. The van der Waals surface area contributed by atoms with Crippen LogP contribution in [0.25, 0.3) is 11.1 Å². The van der Waals surface area contributed by atoms with Crippen molar-refractivity contribution in [3.8, 4) is 17.2 Å². The lowest BCUT2D eigenvalue weighted by Crippen LogP contribution is -2.54. The number of amides is 2. The molecular formula is C30H42N8O2. The molecule has 10 heteroatoms. The van der Waals surface area contributed by atoms with E-state index in [-0.39, 0.29) is 12.2 Å². The Labute approximate surface area is 237 Å². The first-order valence-electron chi connectivity index (χ1n) is 14.5. The van der Waals surface area contributed by atoms with Gasteiger partial charge in [0.25, 0.3) is 0 Å². The van der Waals surface area contributed by atoms with Gasteiger partial charge in [0, 0.05) is 87.8 Å². The molecule has 1 atom stereocenters. The van der Waals surface area contributed by atoms with Gasteiger partial charge in [0.05, 0.1) is 17.3 Å². The first-order chi connectivity index (χ1) is 19.4. The molecule has 0 spiro atoms. The first kappa shape index (κ1) is 28.0. The van der Waals surface area contributed by atoms with Crippen molar-refractivity contribution >= 4 is 11.7 Å². The van der Waals surface area contributed by atoms with Crippen molar-refractivity contribution < 1.29 is 9.53 Å². The lowest BCUT2D eigenvalue weighted by molar-refractivity contribution is -0.0515. The molecule has 214 valence electrons. The van der Waals surface area contributed by atoms with Crippen molar-refractivity contribution in [2.45, 2.75) is 64.6 Å². The number of carbonyl (C=O) groups excluding carboxylic acids is 1. The molecule has 1 aromatic carbocycles. The molecule has 0 saturated carbocycles. The van der Waals surface area contributed by atoms with E-state index in [1.165, 1.54) is 16.8 Å². The Hall–Kier alpha value is -3.55. The van der Waals surface area contributed by atoms with Gasteiger partial charge in [-0.1, -0.05) is 13.3 Å². The van der Waals surface area contributed by atoms with Gasteiger partial charge in [-0.2, -0.15) is 15.4 Å².